The first-order valence-electron chi connectivity index (χ1n) is 12.4. The van der Waals surface area contributed by atoms with E-state index in [4.69, 9.17) is 28.4 Å². The van der Waals surface area contributed by atoms with Crippen LogP contribution in [0.25, 0.3) is 0 Å². The van der Waals surface area contributed by atoms with E-state index in [1.807, 2.05) is 24.3 Å². The van der Waals surface area contributed by atoms with Crippen LogP contribution in [0.5, 0.6) is 28.7 Å². The van der Waals surface area contributed by atoms with Crippen LogP contribution in [0.4, 0.5) is 4.39 Å². The molecule has 39 heavy (non-hydrogen) atoms. The minimum atomic E-state index is -0.626. The summed E-state index contributed by atoms with van der Waals surface area (Å²) < 4.78 is 47.1. The summed E-state index contributed by atoms with van der Waals surface area (Å²) in [6, 6.07) is 12.0. The van der Waals surface area contributed by atoms with Crippen LogP contribution >= 0.6 is 0 Å². The fourth-order valence-electron chi connectivity index (χ4n) is 5.85. The Labute approximate surface area is 223 Å². The molecule has 0 radical (unpaired) electrons. The second-order valence-corrected chi connectivity index (χ2v) is 9.55. The molecule has 3 aliphatic rings. The van der Waals surface area contributed by atoms with Crippen molar-refractivity contribution in [2.24, 2.45) is 11.8 Å². The van der Waals surface area contributed by atoms with Crippen molar-refractivity contribution >= 4 is 11.9 Å². The summed E-state index contributed by atoms with van der Waals surface area (Å²) in [6.45, 7) is 0.182. The predicted octanol–water partition coefficient (Wildman–Crippen LogP) is 3.99. The van der Waals surface area contributed by atoms with Gasteiger partial charge < -0.3 is 33.7 Å². The normalized spacial score (nSPS) is 22.4. The van der Waals surface area contributed by atoms with Crippen molar-refractivity contribution in [3.8, 4) is 28.7 Å². The smallest absolute Gasteiger partial charge is 0.310 e. The summed E-state index contributed by atoms with van der Waals surface area (Å²) in [7, 11) is 4.58. The Balaban J connectivity index is 1.51. The minimum Gasteiger partial charge on any atom is -0.493 e. The summed E-state index contributed by atoms with van der Waals surface area (Å²) in [5, 5.41) is 3.07. The number of hydrogen-bond donors (Lipinski definition) is 1. The molecule has 0 spiro atoms. The highest BCUT2D eigenvalue weighted by molar-refractivity contribution is 5.94. The van der Waals surface area contributed by atoms with Crippen molar-refractivity contribution in [3.63, 3.8) is 0 Å². The van der Waals surface area contributed by atoms with Gasteiger partial charge in [-0.15, -0.1) is 0 Å². The van der Waals surface area contributed by atoms with Gasteiger partial charge in [0.05, 0.1) is 39.9 Å². The van der Waals surface area contributed by atoms with E-state index in [0.717, 1.165) is 16.7 Å². The van der Waals surface area contributed by atoms with Crippen molar-refractivity contribution in [1.82, 2.24) is 5.32 Å². The summed E-state index contributed by atoms with van der Waals surface area (Å²) in [4.78, 5) is 26.6. The number of carbonyl (C=O) groups is 2. The first-order chi connectivity index (χ1) is 18.9. The summed E-state index contributed by atoms with van der Waals surface area (Å²) in [5.41, 5.74) is 2.60. The number of rotatable bonds is 6. The largest absolute Gasteiger partial charge is 0.493 e. The molecule has 1 aliphatic carbocycles. The summed E-state index contributed by atoms with van der Waals surface area (Å²) in [6.07, 6.45) is 0. The van der Waals surface area contributed by atoms with Gasteiger partial charge in [0.15, 0.2) is 23.0 Å². The van der Waals surface area contributed by atoms with Gasteiger partial charge in [-0.3, -0.25) is 9.59 Å². The van der Waals surface area contributed by atoms with E-state index in [1.54, 1.807) is 0 Å². The van der Waals surface area contributed by atoms with Crippen LogP contribution < -0.4 is 29.0 Å². The number of esters is 1. The van der Waals surface area contributed by atoms with Gasteiger partial charge in [0.2, 0.25) is 12.5 Å². The lowest BCUT2D eigenvalue weighted by Crippen LogP contribution is -2.42. The SMILES string of the molecule is COc1cc([C@@H]2c3cc4c(cc3[C@@H](NC(=O)c3ccc(F)cc3)[C@H]3COC(=O)[C@H]23)OCO4)cc(OC)c1OC. The molecule has 4 atom stereocenters. The maximum Gasteiger partial charge on any atom is 0.310 e. The lowest BCUT2D eigenvalue weighted by atomic mass is 9.65. The molecule has 1 N–H and O–H groups in total. The molecule has 1 amide bonds. The van der Waals surface area contributed by atoms with E-state index >= 15 is 0 Å². The van der Waals surface area contributed by atoms with Crippen LogP contribution in [0.3, 0.4) is 0 Å². The maximum absolute atomic E-state index is 13.5. The van der Waals surface area contributed by atoms with E-state index in [9.17, 15) is 14.0 Å². The highest BCUT2D eigenvalue weighted by atomic mass is 19.1. The Morgan fingerprint density at radius 3 is 2.15 bits per heavy atom. The number of halogens is 1. The van der Waals surface area contributed by atoms with E-state index < -0.39 is 29.6 Å². The quantitative estimate of drug-likeness (QED) is 0.473. The molecule has 3 aromatic carbocycles. The first kappa shape index (κ1) is 24.8. The fraction of sp³-hybridized carbons (Fsp3) is 0.310. The summed E-state index contributed by atoms with van der Waals surface area (Å²) >= 11 is 0. The van der Waals surface area contributed by atoms with Crippen molar-refractivity contribution < 1.29 is 42.4 Å². The van der Waals surface area contributed by atoms with E-state index in [1.165, 1.54) is 45.6 Å². The monoisotopic (exact) mass is 535 g/mol. The number of fused-ring (bicyclic) bond motifs is 3. The minimum absolute atomic E-state index is 0.0641. The number of amides is 1. The van der Waals surface area contributed by atoms with Gasteiger partial charge in [-0.2, -0.15) is 0 Å². The van der Waals surface area contributed by atoms with Gasteiger partial charge in [-0.1, -0.05) is 0 Å². The van der Waals surface area contributed by atoms with Crippen molar-refractivity contribution in [3.05, 3.63) is 76.6 Å². The molecule has 9 nitrogen and oxygen atoms in total. The molecule has 0 bridgehead atoms. The maximum atomic E-state index is 13.5. The zero-order chi connectivity index (χ0) is 27.3. The number of carbonyl (C=O) groups excluding carboxylic acids is 2. The van der Waals surface area contributed by atoms with Crippen LogP contribution in [-0.2, 0) is 9.53 Å². The third kappa shape index (κ3) is 4.07. The predicted molar refractivity (Wildman–Crippen MR) is 135 cm³/mol. The number of benzene rings is 3. The van der Waals surface area contributed by atoms with Crippen molar-refractivity contribution in [2.75, 3.05) is 34.7 Å². The van der Waals surface area contributed by atoms with Crippen molar-refractivity contribution in [2.45, 2.75) is 12.0 Å². The third-order valence-corrected chi connectivity index (χ3v) is 7.63. The second-order valence-electron chi connectivity index (χ2n) is 9.55. The van der Waals surface area contributed by atoms with E-state index in [2.05, 4.69) is 5.32 Å². The van der Waals surface area contributed by atoms with Crippen LogP contribution in [0.2, 0.25) is 0 Å². The molecule has 0 unspecified atom stereocenters. The van der Waals surface area contributed by atoms with Crippen LogP contribution in [0, 0.1) is 17.7 Å². The third-order valence-electron chi connectivity index (χ3n) is 7.63. The first-order valence-corrected chi connectivity index (χ1v) is 12.4. The molecule has 1 saturated heterocycles. The topological polar surface area (TPSA) is 102 Å². The molecular formula is C29H26FNO8. The van der Waals surface area contributed by atoms with Crippen LogP contribution in [0.1, 0.15) is 39.0 Å². The Hall–Kier alpha value is -4.47. The van der Waals surface area contributed by atoms with Crippen LogP contribution in [0.15, 0.2) is 48.5 Å². The lowest BCUT2D eigenvalue weighted by Gasteiger charge is -2.39. The number of ether oxygens (including phenoxy) is 6. The van der Waals surface area contributed by atoms with Gasteiger partial charge in [-0.05, 0) is 65.2 Å². The number of hydrogen-bond acceptors (Lipinski definition) is 8. The number of methoxy groups -OCH3 is 3. The van der Waals surface area contributed by atoms with Gasteiger partial charge in [0.1, 0.15) is 5.82 Å². The Kier molecular flexibility index (Phi) is 6.17. The molecule has 0 aromatic heterocycles. The van der Waals surface area contributed by atoms with Gasteiger partial charge >= 0.3 is 5.97 Å². The molecule has 2 heterocycles. The Morgan fingerprint density at radius 1 is 0.897 bits per heavy atom. The van der Waals surface area contributed by atoms with E-state index in [0.29, 0.717) is 34.3 Å². The lowest BCUT2D eigenvalue weighted by molar-refractivity contribution is -0.141. The molecule has 3 aromatic rings. The molecule has 202 valence electrons. The second kappa shape index (κ2) is 9.68. The molecule has 6 rings (SSSR count). The zero-order valence-corrected chi connectivity index (χ0v) is 21.5. The molecule has 2 aliphatic heterocycles. The average Bonchev–Trinajstić information content (AvgIpc) is 3.57. The molecule has 10 heteroatoms. The fourth-order valence-corrected chi connectivity index (χ4v) is 5.85. The number of nitrogens with one attached hydrogen (secondary N) is 1. The molecule has 0 saturated carbocycles. The highest BCUT2D eigenvalue weighted by Crippen LogP contribution is 2.55. The number of cyclic esters (lactones) is 1. The Morgan fingerprint density at radius 2 is 1.54 bits per heavy atom. The van der Waals surface area contributed by atoms with Gasteiger partial charge in [-0.25, -0.2) is 4.39 Å². The van der Waals surface area contributed by atoms with Crippen LogP contribution in [-0.4, -0.2) is 46.6 Å². The van der Waals surface area contributed by atoms with Gasteiger partial charge in [0.25, 0.3) is 5.91 Å². The molecular weight excluding hydrogens is 509 g/mol. The average molecular weight is 536 g/mol. The van der Waals surface area contributed by atoms with Crippen molar-refractivity contribution in [1.29, 1.82) is 0 Å². The Bertz CT molecular complexity index is 1430. The molecule has 1 fully saturated rings. The van der Waals surface area contributed by atoms with E-state index in [-0.39, 0.29) is 25.3 Å². The standard InChI is InChI=1S/C29H26FNO8/c1-34-22-8-15(9-23(35-2)27(22)36-3)24-17-10-20-21(39-13-38-20)11-18(17)26(19-12-37-29(33)25(19)24)31-28(32)14-4-6-16(30)7-5-14/h4-11,19,24-26H,12-13H2,1-3H3,(H,31,32)/t19-,24+,25-,26+/m0/s1. The zero-order valence-electron chi connectivity index (χ0n) is 21.5. The van der Waals surface area contributed by atoms with Gasteiger partial charge in [0, 0.05) is 17.4 Å². The highest BCUT2D eigenvalue weighted by Gasteiger charge is 2.53. The summed E-state index contributed by atoms with van der Waals surface area (Å²) in [5.74, 6) is -0.281.